The fourth-order valence-corrected chi connectivity index (χ4v) is 4.21. The van der Waals surface area contributed by atoms with Gasteiger partial charge in [-0.15, -0.1) is 0 Å². The minimum absolute atomic E-state index is 0.418. The van der Waals surface area contributed by atoms with E-state index in [9.17, 15) is 0 Å². The van der Waals surface area contributed by atoms with E-state index in [0.717, 1.165) is 12.5 Å². The van der Waals surface area contributed by atoms with Gasteiger partial charge in [-0.25, -0.2) is 0 Å². The van der Waals surface area contributed by atoms with E-state index < -0.39 is 0 Å². The lowest BCUT2D eigenvalue weighted by molar-refractivity contribution is 0.176. The van der Waals surface area contributed by atoms with Crippen LogP contribution >= 0.6 is 0 Å². The van der Waals surface area contributed by atoms with Gasteiger partial charge in [-0.1, -0.05) is 26.0 Å². The maximum atomic E-state index is 5.25. The molecule has 1 aliphatic carbocycles. The van der Waals surface area contributed by atoms with Crippen LogP contribution in [0, 0.1) is 13.8 Å². The maximum absolute atomic E-state index is 5.25. The van der Waals surface area contributed by atoms with Crippen molar-refractivity contribution in [3.63, 3.8) is 0 Å². The van der Waals surface area contributed by atoms with Crippen molar-refractivity contribution < 1.29 is 4.74 Å². The van der Waals surface area contributed by atoms with Crippen molar-refractivity contribution in [3.05, 3.63) is 34.4 Å². The molecule has 1 fully saturated rings. The number of aryl methyl sites for hydroxylation is 2. The molecule has 0 saturated carbocycles. The number of hydrogen-bond donors (Lipinski definition) is 0. The van der Waals surface area contributed by atoms with Crippen LogP contribution in [0.25, 0.3) is 0 Å². The molecule has 1 aromatic carbocycles. The van der Waals surface area contributed by atoms with Gasteiger partial charge < -0.3 is 9.64 Å². The summed E-state index contributed by atoms with van der Waals surface area (Å²) in [5.74, 6) is 0.753. The molecule has 3 rings (SSSR count). The largest absolute Gasteiger partial charge is 0.385 e. The van der Waals surface area contributed by atoms with Gasteiger partial charge in [-0.2, -0.15) is 0 Å². The van der Waals surface area contributed by atoms with Crippen molar-refractivity contribution in [3.8, 4) is 0 Å². The number of rotatable bonds is 4. The lowest BCUT2D eigenvalue weighted by Crippen LogP contribution is -2.43. The highest BCUT2D eigenvalue weighted by Gasteiger charge is 2.55. The fourth-order valence-electron chi connectivity index (χ4n) is 4.21. The standard InChI is InChI=1S/C17H25NO.C2H6/c1-12-8-14-15(9-13(12)2)17(6-5-7-19-4)11-18(3)10-16(14)17;1-2/h8-9,16H,5-7,10-11H2,1-4H3;1-2H3. The first kappa shape index (κ1) is 16.5. The Morgan fingerprint density at radius 2 is 1.90 bits per heavy atom. The summed E-state index contributed by atoms with van der Waals surface area (Å²) in [6.07, 6.45) is 2.44. The van der Waals surface area contributed by atoms with Crippen LogP contribution in [0.5, 0.6) is 0 Å². The third kappa shape index (κ3) is 2.64. The Bertz CT molecular complexity index is 497. The van der Waals surface area contributed by atoms with Crippen LogP contribution < -0.4 is 0 Å². The van der Waals surface area contributed by atoms with Crippen molar-refractivity contribution in [1.82, 2.24) is 4.90 Å². The molecule has 2 atom stereocenters. The van der Waals surface area contributed by atoms with Crippen molar-refractivity contribution >= 4 is 0 Å². The van der Waals surface area contributed by atoms with Gasteiger partial charge in [0.15, 0.2) is 0 Å². The summed E-state index contributed by atoms with van der Waals surface area (Å²) in [6, 6.07) is 4.89. The van der Waals surface area contributed by atoms with Crippen molar-refractivity contribution in [1.29, 1.82) is 0 Å². The topological polar surface area (TPSA) is 12.5 Å². The van der Waals surface area contributed by atoms with Crippen LogP contribution in [0.1, 0.15) is 54.9 Å². The Morgan fingerprint density at radius 3 is 2.57 bits per heavy atom. The Morgan fingerprint density at radius 1 is 1.24 bits per heavy atom. The summed E-state index contributed by atoms with van der Waals surface area (Å²) in [7, 11) is 4.06. The molecule has 0 aromatic heterocycles. The summed E-state index contributed by atoms with van der Waals surface area (Å²) in [5.41, 5.74) is 6.55. The monoisotopic (exact) mass is 289 g/mol. The van der Waals surface area contributed by atoms with Crippen LogP contribution in [0.15, 0.2) is 12.1 Å². The molecule has 0 amide bonds. The van der Waals surface area contributed by atoms with Gasteiger partial charge in [0.1, 0.15) is 0 Å². The molecule has 1 heterocycles. The number of likely N-dealkylation sites (tertiary alicyclic amines) is 1. The minimum atomic E-state index is 0.418. The lowest BCUT2D eigenvalue weighted by Gasteiger charge is -2.47. The molecule has 1 aliphatic heterocycles. The Labute approximate surface area is 130 Å². The molecule has 118 valence electrons. The number of likely N-dealkylation sites (N-methyl/N-ethyl adjacent to an activating group) is 1. The first-order valence-corrected chi connectivity index (χ1v) is 8.37. The number of benzene rings is 1. The highest BCUT2D eigenvalue weighted by Crippen LogP contribution is 2.58. The van der Waals surface area contributed by atoms with Crippen molar-refractivity contribution in [2.45, 2.75) is 51.9 Å². The molecule has 0 N–H and O–H groups in total. The molecule has 1 saturated heterocycles. The fraction of sp³-hybridized carbons (Fsp3) is 0.684. The van der Waals surface area contributed by atoms with E-state index >= 15 is 0 Å². The number of fused-ring (bicyclic) bond motifs is 4. The molecule has 21 heavy (non-hydrogen) atoms. The predicted molar refractivity (Wildman–Crippen MR) is 90.3 cm³/mol. The van der Waals surface area contributed by atoms with Crippen molar-refractivity contribution in [2.75, 3.05) is 33.9 Å². The molecule has 2 heteroatoms. The van der Waals surface area contributed by atoms with Crippen LogP contribution in [-0.4, -0.2) is 38.8 Å². The van der Waals surface area contributed by atoms with E-state index in [1.54, 1.807) is 18.2 Å². The smallest absolute Gasteiger partial charge is 0.0462 e. The average molecular weight is 289 g/mol. The third-order valence-electron chi connectivity index (χ3n) is 5.26. The van der Waals surface area contributed by atoms with Crippen LogP contribution in [-0.2, 0) is 10.2 Å². The van der Waals surface area contributed by atoms with Gasteiger partial charge in [0.05, 0.1) is 0 Å². The quantitative estimate of drug-likeness (QED) is 0.776. The number of hydrogen-bond acceptors (Lipinski definition) is 2. The first-order chi connectivity index (χ1) is 10.1. The van der Waals surface area contributed by atoms with E-state index in [1.165, 1.54) is 37.1 Å². The average Bonchev–Trinajstić information content (AvgIpc) is 2.77. The molecule has 2 unspecified atom stereocenters. The molecule has 2 aliphatic rings. The zero-order valence-electron chi connectivity index (χ0n) is 14.6. The van der Waals surface area contributed by atoms with Gasteiger partial charge >= 0.3 is 0 Å². The summed E-state index contributed by atoms with van der Waals surface area (Å²) >= 11 is 0. The second-order valence-corrected chi connectivity index (χ2v) is 6.53. The molecule has 0 spiro atoms. The summed E-state index contributed by atoms with van der Waals surface area (Å²) < 4.78 is 5.25. The van der Waals surface area contributed by atoms with Crippen LogP contribution in [0.4, 0.5) is 0 Å². The first-order valence-electron chi connectivity index (χ1n) is 8.37. The summed E-state index contributed by atoms with van der Waals surface area (Å²) in [4.78, 5) is 2.50. The minimum Gasteiger partial charge on any atom is -0.385 e. The van der Waals surface area contributed by atoms with E-state index in [4.69, 9.17) is 4.74 Å². The molecule has 2 nitrogen and oxygen atoms in total. The molecular weight excluding hydrogens is 258 g/mol. The number of methoxy groups -OCH3 is 1. The van der Waals surface area contributed by atoms with Crippen LogP contribution in [0.3, 0.4) is 0 Å². The second kappa shape index (κ2) is 6.50. The van der Waals surface area contributed by atoms with Crippen LogP contribution in [0.2, 0.25) is 0 Å². The molecular formula is C19H31NO. The zero-order valence-corrected chi connectivity index (χ0v) is 14.6. The SMILES string of the molecule is CC.COCCCC12CN(C)CC1c1cc(C)c(C)cc12. The van der Waals surface area contributed by atoms with Crippen molar-refractivity contribution in [2.24, 2.45) is 0 Å². The maximum Gasteiger partial charge on any atom is 0.0462 e. The molecule has 1 aromatic rings. The summed E-state index contributed by atoms with van der Waals surface area (Å²) in [6.45, 7) is 11.8. The summed E-state index contributed by atoms with van der Waals surface area (Å²) in [5, 5.41) is 0. The van der Waals surface area contributed by atoms with Gasteiger partial charge in [-0.3, -0.25) is 0 Å². The highest BCUT2D eigenvalue weighted by atomic mass is 16.5. The lowest BCUT2D eigenvalue weighted by atomic mass is 9.55. The number of ether oxygens (including phenoxy) is 1. The number of nitrogens with zero attached hydrogens (tertiary/aromatic N) is 1. The third-order valence-corrected chi connectivity index (χ3v) is 5.26. The zero-order chi connectivity index (χ0) is 15.6. The molecule has 0 radical (unpaired) electrons. The van der Waals surface area contributed by atoms with E-state index in [2.05, 4.69) is 37.9 Å². The van der Waals surface area contributed by atoms with E-state index in [0.29, 0.717) is 5.41 Å². The molecule has 0 bridgehead atoms. The van der Waals surface area contributed by atoms with E-state index in [-0.39, 0.29) is 0 Å². The van der Waals surface area contributed by atoms with E-state index in [1.807, 2.05) is 13.8 Å². The Kier molecular flexibility index (Phi) is 5.11. The Hall–Kier alpha value is -0.860. The van der Waals surface area contributed by atoms with Gasteiger partial charge in [0.25, 0.3) is 0 Å². The Balaban J connectivity index is 0.000000774. The van der Waals surface area contributed by atoms with Gasteiger partial charge in [-0.05, 0) is 56.0 Å². The van der Waals surface area contributed by atoms with Gasteiger partial charge in [0, 0.05) is 38.1 Å². The highest BCUT2D eigenvalue weighted by molar-refractivity contribution is 5.55. The predicted octanol–water partition coefficient (Wildman–Crippen LogP) is 4.04. The second-order valence-electron chi connectivity index (χ2n) is 6.53. The normalized spacial score (nSPS) is 26.5. The van der Waals surface area contributed by atoms with Gasteiger partial charge in [0.2, 0.25) is 0 Å².